The molecule has 0 atom stereocenters. The smallest absolute Gasteiger partial charge is 0.342 e. The van der Waals surface area contributed by atoms with Crippen LogP contribution in [0.15, 0.2) is 30.6 Å². The number of hydrogen-bond donors (Lipinski definition) is 0. The standard InChI is InChI=1S/C15H19N3O3/c1-15(2,3)21-14(19)11-7-5-6-8-12(11)20-9-13-16-10-17-18(13)4/h5-8,10H,9H2,1-4H3. The van der Waals surface area contributed by atoms with Gasteiger partial charge in [0, 0.05) is 7.05 Å². The maximum Gasteiger partial charge on any atom is 0.342 e. The van der Waals surface area contributed by atoms with Crippen LogP contribution in [0, 0.1) is 0 Å². The van der Waals surface area contributed by atoms with Gasteiger partial charge in [-0.1, -0.05) is 12.1 Å². The van der Waals surface area contributed by atoms with Gasteiger partial charge in [-0.05, 0) is 32.9 Å². The van der Waals surface area contributed by atoms with E-state index in [0.717, 1.165) is 0 Å². The van der Waals surface area contributed by atoms with Crippen molar-refractivity contribution in [2.24, 2.45) is 7.05 Å². The van der Waals surface area contributed by atoms with Crippen molar-refractivity contribution in [3.05, 3.63) is 42.0 Å². The van der Waals surface area contributed by atoms with Gasteiger partial charge in [0.2, 0.25) is 0 Å². The summed E-state index contributed by atoms with van der Waals surface area (Å²) >= 11 is 0. The van der Waals surface area contributed by atoms with Gasteiger partial charge in [0.1, 0.15) is 29.8 Å². The molecule has 0 amide bonds. The Morgan fingerprint density at radius 3 is 2.62 bits per heavy atom. The van der Waals surface area contributed by atoms with Crippen molar-refractivity contribution in [2.75, 3.05) is 0 Å². The summed E-state index contributed by atoms with van der Waals surface area (Å²) < 4.78 is 12.7. The Labute approximate surface area is 123 Å². The van der Waals surface area contributed by atoms with E-state index >= 15 is 0 Å². The second-order valence-corrected chi connectivity index (χ2v) is 5.59. The van der Waals surface area contributed by atoms with Crippen LogP contribution >= 0.6 is 0 Å². The van der Waals surface area contributed by atoms with Gasteiger partial charge >= 0.3 is 5.97 Å². The molecule has 6 nitrogen and oxygen atoms in total. The van der Waals surface area contributed by atoms with Crippen molar-refractivity contribution in [1.29, 1.82) is 0 Å². The highest BCUT2D eigenvalue weighted by Gasteiger charge is 2.21. The van der Waals surface area contributed by atoms with Crippen molar-refractivity contribution in [3.63, 3.8) is 0 Å². The predicted octanol–water partition coefficient (Wildman–Crippen LogP) is 2.35. The summed E-state index contributed by atoms with van der Waals surface area (Å²) in [5.74, 6) is 0.736. The molecule has 0 aliphatic carbocycles. The fraction of sp³-hybridized carbons (Fsp3) is 0.400. The minimum Gasteiger partial charge on any atom is -0.485 e. The van der Waals surface area contributed by atoms with Gasteiger partial charge in [0.25, 0.3) is 0 Å². The van der Waals surface area contributed by atoms with Crippen molar-refractivity contribution >= 4 is 5.97 Å². The maximum atomic E-state index is 12.2. The van der Waals surface area contributed by atoms with Crippen molar-refractivity contribution in [1.82, 2.24) is 14.8 Å². The quantitative estimate of drug-likeness (QED) is 0.808. The second kappa shape index (κ2) is 5.95. The van der Waals surface area contributed by atoms with Crippen LogP contribution in [0.3, 0.4) is 0 Å². The summed E-state index contributed by atoms with van der Waals surface area (Å²) in [6, 6.07) is 6.99. The molecule has 112 valence electrons. The lowest BCUT2D eigenvalue weighted by atomic mass is 10.1. The molecule has 0 bridgehead atoms. The number of carbonyl (C=O) groups excluding carboxylic acids is 1. The molecule has 1 aromatic carbocycles. The Morgan fingerprint density at radius 2 is 2.00 bits per heavy atom. The molecule has 0 aliphatic rings. The van der Waals surface area contributed by atoms with Crippen LogP contribution in [0.5, 0.6) is 5.75 Å². The highest BCUT2D eigenvalue weighted by Crippen LogP contribution is 2.22. The topological polar surface area (TPSA) is 66.2 Å². The number of rotatable bonds is 4. The van der Waals surface area contributed by atoms with Gasteiger partial charge in [0.15, 0.2) is 5.82 Å². The Hall–Kier alpha value is -2.37. The maximum absolute atomic E-state index is 12.2. The third-order valence-corrected chi connectivity index (χ3v) is 2.67. The molecular formula is C15H19N3O3. The lowest BCUT2D eigenvalue weighted by Gasteiger charge is -2.20. The number of para-hydroxylation sites is 1. The zero-order chi connectivity index (χ0) is 15.5. The normalized spacial score (nSPS) is 11.2. The second-order valence-electron chi connectivity index (χ2n) is 5.59. The Morgan fingerprint density at radius 1 is 1.29 bits per heavy atom. The number of hydrogen-bond acceptors (Lipinski definition) is 5. The van der Waals surface area contributed by atoms with Gasteiger partial charge in [-0.25, -0.2) is 9.78 Å². The lowest BCUT2D eigenvalue weighted by Crippen LogP contribution is -2.24. The highest BCUT2D eigenvalue weighted by molar-refractivity contribution is 5.92. The molecule has 0 radical (unpaired) electrons. The molecule has 0 fully saturated rings. The van der Waals surface area contributed by atoms with Crippen LogP contribution in [0.2, 0.25) is 0 Å². The predicted molar refractivity (Wildman–Crippen MR) is 76.9 cm³/mol. The molecule has 1 aromatic heterocycles. The summed E-state index contributed by atoms with van der Waals surface area (Å²) in [6.07, 6.45) is 1.46. The minimum atomic E-state index is -0.548. The average molecular weight is 289 g/mol. The number of nitrogens with zero attached hydrogens (tertiary/aromatic N) is 3. The number of aromatic nitrogens is 3. The fourth-order valence-electron chi connectivity index (χ4n) is 1.69. The largest absolute Gasteiger partial charge is 0.485 e. The zero-order valence-corrected chi connectivity index (χ0v) is 12.7. The van der Waals surface area contributed by atoms with Gasteiger partial charge in [0.05, 0.1) is 0 Å². The fourth-order valence-corrected chi connectivity index (χ4v) is 1.69. The first-order chi connectivity index (χ1) is 9.87. The molecule has 21 heavy (non-hydrogen) atoms. The zero-order valence-electron chi connectivity index (χ0n) is 12.7. The van der Waals surface area contributed by atoms with E-state index in [4.69, 9.17) is 9.47 Å². The number of carbonyl (C=O) groups is 1. The van der Waals surface area contributed by atoms with Crippen LogP contribution in [0.1, 0.15) is 37.0 Å². The molecule has 2 rings (SSSR count). The highest BCUT2D eigenvalue weighted by atomic mass is 16.6. The van der Waals surface area contributed by atoms with E-state index in [-0.39, 0.29) is 6.61 Å². The third kappa shape index (κ3) is 4.05. The number of ether oxygens (including phenoxy) is 2. The monoisotopic (exact) mass is 289 g/mol. The summed E-state index contributed by atoms with van der Waals surface area (Å²) in [6.45, 7) is 5.71. The SMILES string of the molecule is Cn1ncnc1COc1ccccc1C(=O)OC(C)(C)C. The lowest BCUT2D eigenvalue weighted by molar-refractivity contribution is 0.00653. The van der Waals surface area contributed by atoms with Crippen LogP contribution in [0.25, 0.3) is 0 Å². The summed E-state index contributed by atoms with van der Waals surface area (Å²) in [5, 5.41) is 3.97. The summed E-state index contributed by atoms with van der Waals surface area (Å²) in [7, 11) is 1.78. The van der Waals surface area contributed by atoms with Crippen LogP contribution in [0.4, 0.5) is 0 Å². The minimum absolute atomic E-state index is 0.232. The van der Waals surface area contributed by atoms with Gasteiger partial charge < -0.3 is 9.47 Å². The number of esters is 1. The molecule has 0 saturated heterocycles. The van der Waals surface area contributed by atoms with E-state index in [1.165, 1.54) is 6.33 Å². The Bertz CT molecular complexity index is 629. The van der Waals surface area contributed by atoms with Gasteiger partial charge in [-0.3, -0.25) is 4.68 Å². The molecule has 0 unspecified atom stereocenters. The molecule has 6 heteroatoms. The third-order valence-electron chi connectivity index (χ3n) is 2.67. The molecule has 0 N–H and O–H groups in total. The molecule has 1 heterocycles. The number of aryl methyl sites for hydroxylation is 1. The van der Waals surface area contributed by atoms with Crippen LogP contribution in [-0.4, -0.2) is 26.3 Å². The molecule has 2 aromatic rings. The summed E-state index contributed by atoms with van der Waals surface area (Å²) in [4.78, 5) is 16.2. The van der Waals surface area contributed by atoms with E-state index < -0.39 is 11.6 Å². The molecule has 0 saturated carbocycles. The van der Waals surface area contributed by atoms with E-state index in [9.17, 15) is 4.79 Å². The van der Waals surface area contributed by atoms with Gasteiger partial charge in [-0.2, -0.15) is 5.10 Å². The Balaban J connectivity index is 2.13. The van der Waals surface area contributed by atoms with Gasteiger partial charge in [-0.15, -0.1) is 0 Å². The first kappa shape index (κ1) is 15.0. The number of benzene rings is 1. The summed E-state index contributed by atoms with van der Waals surface area (Å²) in [5.41, 5.74) is -0.150. The first-order valence-electron chi connectivity index (χ1n) is 6.65. The van der Waals surface area contributed by atoms with E-state index in [2.05, 4.69) is 10.1 Å². The van der Waals surface area contributed by atoms with Crippen molar-refractivity contribution in [3.8, 4) is 5.75 Å². The molecule has 0 spiro atoms. The van der Waals surface area contributed by atoms with E-state index in [1.807, 2.05) is 20.8 Å². The van der Waals surface area contributed by atoms with Crippen LogP contribution in [-0.2, 0) is 18.4 Å². The van der Waals surface area contributed by atoms with E-state index in [0.29, 0.717) is 17.1 Å². The van der Waals surface area contributed by atoms with E-state index in [1.54, 1.807) is 36.0 Å². The average Bonchev–Trinajstić information content (AvgIpc) is 2.80. The van der Waals surface area contributed by atoms with Crippen molar-refractivity contribution in [2.45, 2.75) is 33.0 Å². The first-order valence-corrected chi connectivity index (χ1v) is 6.65. The molecular weight excluding hydrogens is 270 g/mol. The Kier molecular flexibility index (Phi) is 4.26. The van der Waals surface area contributed by atoms with Crippen LogP contribution < -0.4 is 4.74 Å². The molecule has 0 aliphatic heterocycles. The van der Waals surface area contributed by atoms with Crippen molar-refractivity contribution < 1.29 is 14.3 Å².